The lowest BCUT2D eigenvalue weighted by atomic mass is 9.80. The molecule has 2 atom stereocenters. The molecule has 1 amide bonds. The van der Waals surface area contributed by atoms with Crippen LogP contribution in [0.4, 0.5) is 0 Å². The summed E-state index contributed by atoms with van der Waals surface area (Å²) >= 11 is 0. The molecule has 2 saturated heterocycles. The SMILES string of the molecule is CC(C)(C)C1CC(=O)N(CC2CCNC2)C1. The van der Waals surface area contributed by atoms with Gasteiger partial charge in [0.05, 0.1) is 0 Å². The lowest BCUT2D eigenvalue weighted by Gasteiger charge is -2.27. The van der Waals surface area contributed by atoms with Crippen LogP contribution in [0.25, 0.3) is 0 Å². The molecule has 0 aliphatic carbocycles. The van der Waals surface area contributed by atoms with Gasteiger partial charge in [-0.2, -0.15) is 0 Å². The molecule has 2 rings (SSSR count). The summed E-state index contributed by atoms with van der Waals surface area (Å²) in [6, 6.07) is 0. The summed E-state index contributed by atoms with van der Waals surface area (Å²) in [5.74, 6) is 1.59. The average molecular weight is 224 g/mol. The summed E-state index contributed by atoms with van der Waals surface area (Å²) in [6.07, 6.45) is 1.98. The molecule has 3 nitrogen and oxygen atoms in total. The zero-order valence-corrected chi connectivity index (χ0v) is 10.8. The van der Waals surface area contributed by atoms with Gasteiger partial charge in [-0.25, -0.2) is 0 Å². The van der Waals surface area contributed by atoms with Crippen molar-refractivity contribution in [2.45, 2.75) is 33.6 Å². The molecule has 0 aromatic carbocycles. The Morgan fingerprint density at radius 3 is 2.69 bits per heavy atom. The van der Waals surface area contributed by atoms with Crippen molar-refractivity contribution in [3.63, 3.8) is 0 Å². The van der Waals surface area contributed by atoms with Gasteiger partial charge in [0.1, 0.15) is 0 Å². The molecule has 2 aliphatic heterocycles. The van der Waals surface area contributed by atoms with E-state index < -0.39 is 0 Å². The fraction of sp³-hybridized carbons (Fsp3) is 0.923. The maximum atomic E-state index is 11.9. The monoisotopic (exact) mass is 224 g/mol. The van der Waals surface area contributed by atoms with E-state index in [1.807, 2.05) is 0 Å². The molecular weight excluding hydrogens is 200 g/mol. The Labute approximate surface area is 98.6 Å². The highest BCUT2D eigenvalue weighted by Gasteiger charge is 2.37. The van der Waals surface area contributed by atoms with Crippen molar-refractivity contribution in [3.8, 4) is 0 Å². The van der Waals surface area contributed by atoms with Crippen LogP contribution in [0.1, 0.15) is 33.6 Å². The molecule has 1 N–H and O–H groups in total. The van der Waals surface area contributed by atoms with E-state index in [9.17, 15) is 4.79 Å². The third-order valence-corrected chi connectivity index (χ3v) is 4.08. The molecule has 2 aliphatic rings. The Kier molecular flexibility index (Phi) is 3.24. The van der Waals surface area contributed by atoms with Crippen molar-refractivity contribution in [1.82, 2.24) is 10.2 Å². The second kappa shape index (κ2) is 4.36. The van der Waals surface area contributed by atoms with E-state index in [-0.39, 0.29) is 5.41 Å². The number of hydrogen-bond acceptors (Lipinski definition) is 2. The van der Waals surface area contributed by atoms with E-state index in [4.69, 9.17) is 0 Å². The first-order valence-electron chi connectivity index (χ1n) is 6.45. The van der Waals surface area contributed by atoms with E-state index in [2.05, 4.69) is 31.0 Å². The molecule has 0 radical (unpaired) electrons. The van der Waals surface area contributed by atoms with Crippen LogP contribution in [0.15, 0.2) is 0 Å². The van der Waals surface area contributed by atoms with E-state index in [0.29, 0.717) is 17.7 Å². The number of hydrogen-bond donors (Lipinski definition) is 1. The summed E-state index contributed by atoms with van der Waals surface area (Å²) in [6.45, 7) is 10.9. The van der Waals surface area contributed by atoms with Crippen molar-refractivity contribution in [2.24, 2.45) is 17.3 Å². The molecule has 2 heterocycles. The van der Waals surface area contributed by atoms with Crippen molar-refractivity contribution < 1.29 is 4.79 Å². The Balaban J connectivity index is 1.89. The second-order valence-corrected chi connectivity index (χ2v) is 6.42. The van der Waals surface area contributed by atoms with Crippen LogP contribution < -0.4 is 5.32 Å². The third kappa shape index (κ3) is 2.57. The predicted octanol–water partition coefficient (Wildman–Crippen LogP) is 1.49. The Morgan fingerprint density at radius 2 is 2.19 bits per heavy atom. The van der Waals surface area contributed by atoms with Crippen molar-refractivity contribution in [2.75, 3.05) is 26.2 Å². The minimum absolute atomic E-state index is 0.262. The van der Waals surface area contributed by atoms with Gasteiger partial charge in [-0.15, -0.1) is 0 Å². The second-order valence-electron chi connectivity index (χ2n) is 6.42. The van der Waals surface area contributed by atoms with Gasteiger partial charge >= 0.3 is 0 Å². The molecule has 92 valence electrons. The van der Waals surface area contributed by atoms with Gasteiger partial charge in [-0.05, 0) is 36.8 Å². The lowest BCUT2D eigenvalue weighted by Crippen LogP contribution is -2.33. The zero-order chi connectivity index (χ0) is 11.8. The summed E-state index contributed by atoms with van der Waals surface area (Å²) in [5.41, 5.74) is 0.262. The fourth-order valence-electron chi connectivity index (χ4n) is 2.71. The fourth-order valence-corrected chi connectivity index (χ4v) is 2.71. The van der Waals surface area contributed by atoms with Crippen LogP contribution in [-0.4, -0.2) is 37.0 Å². The minimum atomic E-state index is 0.262. The number of nitrogens with one attached hydrogen (secondary N) is 1. The van der Waals surface area contributed by atoms with Crippen LogP contribution in [-0.2, 0) is 4.79 Å². The molecule has 0 aromatic heterocycles. The van der Waals surface area contributed by atoms with E-state index in [0.717, 1.165) is 32.6 Å². The highest BCUT2D eigenvalue weighted by atomic mass is 16.2. The standard InChI is InChI=1S/C13H24N2O/c1-13(2,3)11-6-12(16)15(9-11)8-10-4-5-14-7-10/h10-11,14H,4-9H2,1-3H3. The quantitative estimate of drug-likeness (QED) is 0.771. The smallest absolute Gasteiger partial charge is 0.222 e. The predicted molar refractivity (Wildman–Crippen MR) is 65.1 cm³/mol. The van der Waals surface area contributed by atoms with Gasteiger partial charge in [0.25, 0.3) is 0 Å². The van der Waals surface area contributed by atoms with Crippen LogP contribution in [0.3, 0.4) is 0 Å². The molecule has 3 heteroatoms. The largest absolute Gasteiger partial charge is 0.342 e. The number of likely N-dealkylation sites (tertiary alicyclic amines) is 1. The maximum Gasteiger partial charge on any atom is 0.222 e. The van der Waals surface area contributed by atoms with Crippen LogP contribution in [0, 0.1) is 17.3 Å². The summed E-state index contributed by atoms with van der Waals surface area (Å²) < 4.78 is 0. The maximum absolute atomic E-state index is 11.9. The normalized spacial score (nSPS) is 31.4. The van der Waals surface area contributed by atoms with E-state index in [1.165, 1.54) is 6.42 Å². The van der Waals surface area contributed by atoms with Crippen molar-refractivity contribution in [1.29, 1.82) is 0 Å². The number of carbonyl (C=O) groups excluding carboxylic acids is 1. The first kappa shape index (κ1) is 11.9. The third-order valence-electron chi connectivity index (χ3n) is 4.08. The molecule has 0 aromatic rings. The van der Waals surface area contributed by atoms with Gasteiger partial charge in [0.2, 0.25) is 5.91 Å². The highest BCUT2D eigenvalue weighted by Crippen LogP contribution is 2.34. The van der Waals surface area contributed by atoms with Crippen LogP contribution in [0.5, 0.6) is 0 Å². The molecule has 0 saturated carbocycles. The van der Waals surface area contributed by atoms with Gasteiger partial charge in [0.15, 0.2) is 0 Å². The number of rotatable bonds is 2. The zero-order valence-electron chi connectivity index (χ0n) is 10.8. The van der Waals surface area contributed by atoms with Crippen molar-refractivity contribution >= 4 is 5.91 Å². The summed E-state index contributed by atoms with van der Waals surface area (Å²) in [7, 11) is 0. The van der Waals surface area contributed by atoms with Crippen molar-refractivity contribution in [3.05, 3.63) is 0 Å². The average Bonchev–Trinajstić information content (AvgIpc) is 2.76. The number of carbonyl (C=O) groups is 1. The number of amides is 1. The molecular formula is C13H24N2O. The lowest BCUT2D eigenvalue weighted by molar-refractivity contribution is -0.128. The summed E-state index contributed by atoms with van der Waals surface area (Å²) in [4.78, 5) is 14.0. The van der Waals surface area contributed by atoms with Gasteiger partial charge in [-0.3, -0.25) is 4.79 Å². The molecule has 2 fully saturated rings. The first-order chi connectivity index (χ1) is 7.47. The molecule has 0 bridgehead atoms. The molecule has 2 unspecified atom stereocenters. The topological polar surface area (TPSA) is 32.3 Å². The molecule has 16 heavy (non-hydrogen) atoms. The summed E-state index contributed by atoms with van der Waals surface area (Å²) in [5, 5.41) is 3.36. The Hall–Kier alpha value is -0.570. The highest BCUT2D eigenvalue weighted by molar-refractivity contribution is 5.78. The van der Waals surface area contributed by atoms with Gasteiger partial charge in [-0.1, -0.05) is 20.8 Å². The van der Waals surface area contributed by atoms with Crippen LogP contribution >= 0.6 is 0 Å². The van der Waals surface area contributed by atoms with E-state index >= 15 is 0 Å². The van der Waals surface area contributed by atoms with Gasteiger partial charge in [0, 0.05) is 19.5 Å². The number of nitrogens with zero attached hydrogens (tertiary/aromatic N) is 1. The Morgan fingerprint density at radius 1 is 1.44 bits per heavy atom. The van der Waals surface area contributed by atoms with Crippen LogP contribution in [0.2, 0.25) is 0 Å². The first-order valence-corrected chi connectivity index (χ1v) is 6.45. The molecule has 0 spiro atoms. The Bertz CT molecular complexity index is 264. The minimum Gasteiger partial charge on any atom is -0.342 e. The van der Waals surface area contributed by atoms with E-state index in [1.54, 1.807) is 0 Å². The van der Waals surface area contributed by atoms with Gasteiger partial charge < -0.3 is 10.2 Å².